The largest absolute Gasteiger partial charge is 0.340 e. The van der Waals surface area contributed by atoms with Crippen LogP contribution in [0.1, 0.15) is 24.0 Å². The van der Waals surface area contributed by atoms with E-state index < -0.39 is 0 Å². The molecular formula is C19H26N4O. The number of aryl methyl sites for hydroxylation is 2. The third kappa shape index (κ3) is 4.68. The van der Waals surface area contributed by atoms with Gasteiger partial charge >= 0.3 is 0 Å². The molecule has 0 bridgehead atoms. The lowest BCUT2D eigenvalue weighted by Crippen LogP contribution is -2.48. The zero-order valence-corrected chi connectivity index (χ0v) is 14.4. The highest BCUT2D eigenvalue weighted by Gasteiger charge is 2.20. The molecule has 2 heterocycles. The first-order chi connectivity index (χ1) is 11.7. The molecule has 1 fully saturated rings. The van der Waals surface area contributed by atoms with Crippen molar-refractivity contribution >= 4 is 5.91 Å². The summed E-state index contributed by atoms with van der Waals surface area (Å²) < 4.78 is 1.88. The highest BCUT2D eigenvalue weighted by molar-refractivity contribution is 5.76. The average molecular weight is 326 g/mol. The lowest BCUT2D eigenvalue weighted by atomic mass is 10.1. The van der Waals surface area contributed by atoms with E-state index in [0.29, 0.717) is 6.42 Å². The molecule has 2 aromatic rings. The van der Waals surface area contributed by atoms with Crippen molar-refractivity contribution in [2.45, 2.75) is 32.9 Å². The number of piperazine rings is 1. The van der Waals surface area contributed by atoms with Crippen LogP contribution in [-0.4, -0.2) is 51.7 Å². The zero-order chi connectivity index (χ0) is 16.8. The Labute approximate surface area is 143 Å². The molecule has 1 aliphatic rings. The van der Waals surface area contributed by atoms with Gasteiger partial charge in [-0.2, -0.15) is 5.10 Å². The second-order valence-electron chi connectivity index (χ2n) is 6.52. The molecule has 1 aromatic heterocycles. The quantitative estimate of drug-likeness (QED) is 0.818. The summed E-state index contributed by atoms with van der Waals surface area (Å²) in [5.41, 5.74) is 2.66. The Morgan fingerprint density at radius 1 is 1.17 bits per heavy atom. The fraction of sp³-hybridized carbons (Fsp3) is 0.474. The minimum Gasteiger partial charge on any atom is -0.340 e. The second-order valence-corrected chi connectivity index (χ2v) is 6.52. The van der Waals surface area contributed by atoms with Crippen molar-refractivity contribution in [2.24, 2.45) is 0 Å². The van der Waals surface area contributed by atoms with Gasteiger partial charge in [0.05, 0.1) is 0 Å². The first-order valence-electron chi connectivity index (χ1n) is 8.74. The van der Waals surface area contributed by atoms with E-state index >= 15 is 0 Å². The van der Waals surface area contributed by atoms with E-state index in [1.54, 1.807) is 6.20 Å². The molecule has 0 spiro atoms. The molecule has 1 amide bonds. The Bertz CT molecular complexity index is 645. The van der Waals surface area contributed by atoms with Gasteiger partial charge in [-0.15, -0.1) is 0 Å². The van der Waals surface area contributed by atoms with Gasteiger partial charge in [-0.3, -0.25) is 14.4 Å². The molecule has 0 radical (unpaired) electrons. The van der Waals surface area contributed by atoms with Gasteiger partial charge in [0, 0.05) is 58.1 Å². The molecule has 0 saturated carbocycles. The maximum absolute atomic E-state index is 12.3. The number of carbonyl (C=O) groups excluding carboxylic acids is 1. The van der Waals surface area contributed by atoms with Gasteiger partial charge in [-0.1, -0.05) is 29.8 Å². The summed E-state index contributed by atoms with van der Waals surface area (Å²) in [6.07, 6.45) is 5.17. The summed E-state index contributed by atoms with van der Waals surface area (Å²) in [5, 5.41) is 4.17. The van der Waals surface area contributed by atoms with E-state index in [1.165, 1.54) is 11.1 Å². The Hall–Kier alpha value is -2.14. The maximum atomic E-state index is 12.3. The molecule has 24 heavy (non-hydrogen) atoms. The molecule has 0 unspecified atom stereocenters. The third-order valence-corrected chi connectivity index (χ3v) is 4.55. The Morgan fingerprint density at radius 3 is 2.71 bits per heavy atom. The predicted molar refractivity (Wildman–Crippen MR) is 94.5 cm³/mol. The Morgan fingerprint density at radius 2 is 2.00 bits per heavy atom. The lowest BCUT2D eigenvalue weighted by molar-refractivity contribution is -0.133. The zero-order valence-electron chi connectivity index (χ0n) is 14.4. The first kappa shape index (κ1) is 16.7. The predicted octanol–water partition coefficient (Wildman–Crippen LogP) is 2.32. The molecule has 5 heteroatoms. The number of benzene rings is 1. The van der Waals surface area contributed by atoms with Crippen molar-refractivity contribution in [2.75, 3.05) is 26.2 Å². The van der Waals surface area contributed by atoms with Crippen LogP contribution in [0.2, 0.25) is 0 Å². The number of hydrogen-bond donors (Lipinski definition) is 0. The van der Waals surface area contributed by atoms with Crippen LogP contribution in [0.15, 0.2) is 42.7 Å². The molecule has 0 N–H and O–H groups in total. The maximum Gasteiger partial charge on any atom is 0.222 e. The van der Waals surface area contributed by atoms with E-state index in [0.717, 1.165) is 45.7 Å². The van der Waals surface area contributed by atoms with Crippen LogP contribution in [0.25, 0.3) is 0 Å². The van der Waals surface area contributed by atoms with Gasteiger partial charge in [0.1, 0.15) is 0 Å². The van der Waals surface area contributed by atoms with Crippen molar-refractivity contribution < 1.29 is 4.79 Å². The lowest BCUT2D eigenvalue weighted by Gasteiger charge is -2.35. The molecule has 0 aliphatic carbocycles. The Balaban J connectivity index is 1.38. The monoisotopic (exact) mass is 326 g/mol. The second kappa shape index (κ2) is 8.11. The molecule has 1 aromatic carbocycles. The van der Waals surface area contributed by atoms with Crippen LogP contribution in [0.5, 0.6) is 0 Å². The SMILES string of the molecule is Cc1cccc(CN2CCN(C(=O)CCCn3cccn3)CC2)c1. The van der Waals surface area contributed by atoms with Crippen LogP contribution >= 0.6 is 0 Å². The summed E-state index contributed by atoms with van der Waals surface area (Å²) in [5.74, 6) is 0.275. The van der Waals surface area contributed by atoms with E-state index in [-0.39, 0.29) is 5.91 Å². The van der Waals surface area contributed by atoms with Crippen molar-refractivity contribution in [1.82, 2.24) is 19.6 Å². The van der Waals surface area contributed by atoms with Crippen LogP contribution in [-0.2, 0) is 17.9 Å². The minimum atomic E-state index is 0.275. The van der Waals surface area contributed by atoms with E-state index in [4.69, 9.17) is 0 Å². The minimum absolute atomic E-state index is 0.275. The van der Waals surface area contributed by atoms with Crippen LogP contribution in [0, 0.1) is 6.92 Å². The van der Waals surface area contributed by atoms with E-state index in [2.05, 4.69) is 41.2 Å². The molecular weight excluding hydrogens is 300 g/mol. The molecule has 1 aliphatic heterocycles. The van der Waals surface area contributed by atoms with Crippen molar-refractivity contribution in [3.05, 3.63) is 53.9 Å². The fourth-order valence-electron chi connectivity index (χ4n) is 3.21. The molecule has 0 atom stereocenters. The summed E-state index contributed by atoms with van der Waals surface area (Å²) in [6.45, 7) is 7.51. The number of nitrogens with zero attached hydrogens (tertiary/aromatic N) is 4. The molecule has 3 rings (SSSR count). The van der Waals surface area contributed by atoms with Crippen LogP contribution < -0.4 is 0 Å². The number of amides is 1. The van der Waals surface area contributed by atoms with Crippen molar-refractivity contribution in [3.8, 4) is 0 Å². The normalized spacial score (nSPS) is 15.6. The number of carbonyl (C=O) groups is 1. The summed E-state index contributed by atoms with van der Waals surface area (Å²) in [6, 6.07) is 10.6. The highest BCUT2D eigenvalue weighted by Crippen LogP contribution is 2.11. The number of hydrogen-bond acceptors (Lipinski definition) is 3. The molecule has 1 saturated heterocycles. The van der Waals surface area contributed by atoms with Gasteiger partial charge in [-0.05, 0) is 25.0 Å². The first-order valence-corrected chi connectivity index (χ1v) is 8.74. The average Bonchev–Trinajstić information content (AvgIpc) is 3.09. The molecule has 5 nitrogen and oxygen atoms in total. The van der Waals surface area contributed by atoms with Gasteiger partial charge in [0.15, 0.2) is 0 Å². The van der Waals surface area contributed by atoms with Crippen LogP contribution in [0.4, 0.5) is 0 Å². The van der Waals surface area contributed by atoms with Crippen molar-refractivity contribution in [3.63, 3.8) is 0 Å². The fourth-order valence-corrected chi connectivity index (χ4v) is 3.21. The Kier molecular flexibility index (Phi) is 5.64. The van der Waals surface area contributed by atoms with E-state index in [1.807, 2.05) is 21.8 Å². The molecule has 128 valence electrons. The van der Waals surface area contributed by atoms with Crippen LogP contribution in [0.3, 0.4) is 0 Å². The summed E-state index contributed by atoms with van der Waals surface area (Å²) in [7, 11) is 0. The van der Waals surface area contributed by atoms with Gasteiger partial charge < -0.3 is 4.90 Å². The van der Waals surface area contributed by atoms with Crippen molar-refractivity contribution in [1.29, 1.82) is 0 Å². The summed E-state index contributed by atoms with van der Waals surface area (Å²) in [4.78, 5) is 16.8. The topological polar surface area (TPSA) is 41.4 Å². The van der Waals surface area contributed by atoms with Gasteiger partial charge in [0.2, 0.25) is 5.91 Å². The van der Waals surface area contributed by atoms with Gasteiger partial charge in [-0.25, -0.2) is 0 Å². The standard InChI is InChI=1S/C19H26N4O/c1-17-5-2-6-18(15-17)16-21-11-13-22(14-12-21)19(24)7-3-9-23-10-4-8-20-23/h2,4-6,8,10,15H,3,7,9,11-14,16H2,1H3. The summed E-state index contributed by atoms with van der Waals surface area (Å²) >= 11 is 0. The smallest absolute Gasteiger partial charge is 0.222 e. The third-order valence-electron chi connectivity index (χ3n) is 4.55. The number of aromatic nitrogens is 2. The highest BCUT2D eigenvalue weighted by atomic mass is 16.2. The van der Waals surface area contributed by atoms with E-state index in [9.17, 15) is 4.79 Å². The number of rotatable bonds is 6. The van der Waals surface area contributed by atoms with Gasteiger partial charge in [0.25, 0.3) is 0 Å².